The van der Waals surface area contributed by atoms with E-state index in [0.717, 1.165) is 29.7 Å². The molecule has 48 heavy (non-hydrogen) atoms. The van der Waals surface area contributed by atoms with Crippen molar-refractivity contribution in [1.82, 2.24) is 19.5 Å². The molecule has 2 N–H and O–H groups in total. The lowest BCUT2D eigenvalue weighted by molar-refractivity contribution is -0.129. The van der Waals surface area contributed by atoms with Crippen molar-refractivity contribution in [1.29, 1.82) is 0 Å². The first-order chi connectivity index (χ1) is 22.9. The average Bonchev–Trinajstić information content (AvgIpc) is 3.62. The number of nitrogens with zero attached hydrogens (tertiary/aromatic N) is 5. The molecule has 1 saturated carbocycles. The summed E-state index contributed by atoms with van der Waals surface area (Å²) in [5.41, 5.74) is 5.21. The molecule has 0 radical (unpaired) electrons. The summed E-state index contributed by atoms with van der Waals surface area (Å²) in [6, 6.07) is 11.5. The van der Waals surface area contributed by atoms with Gasteiger partial charge in [0, 0.05) is 50.4 Å². The van der Waals surface area contributed by atoms with Crippen LogP contribution in [-0.4, -0.2) is 69.6 Å². The minimum atomic E-state index is -0.540. The maximum atomic E-state index is 13.6. The van der Waals surface area contributed by atoms with E-state index in [1.54, 1.807) is 17.6 Å². The van der Waals surface area contributed by atoms with Gasteiger partial charge in [-0.05, 0) is 74.3 Å². The number of aromatic amines is 1. The van der Waals surface area contributed by atoms with Crippen LogP contribution in [0.2, 0.25) is 0 Å². The number of hydrogen-bond donors (Lipinski definition) is 2. The Morgan fingerprint density at radius 1 is 1.00 bits per heavy atom. The van der Waals surface area contributed by atoms with E-state index in [0.29, 0.717) is 60.4 Å². The summed E-state index contributed by atoms with van der Waals surface area (Å²) in [6.45, 7) is 22.1. The number of nitrogens with one attached hydrogen (secondary N) is 2. The van der Waals surface area contributed by atoms with E-state index in [1.807, 2.05) is 55.1 Å². The maximum absolute atomic E-state index is 13.6. The van der Waals surface area contributed by atoms with E-state index >= 15 is 0 Å². The van der Waals surface area contributed by atoms with Gasteiger partial charge in [-0.2, -0.15) is 0 Å². The van der Waals surface area contributed by atoms with Gasteiger partial charge in [0.1, 0.15) is 11.7 Å². The van der Waals surface area contributed by atoms with Crippen LogP contribution in [0.25, 0.3) is 21.9 Å². The third-order valence-corrected chi connectivity index (χ3v) is 9.86. The fourth-order valence-corrected chi connectivity index (χ4v) is 7.43. The maximum Gasteiger partial charge on any atom is 0.331 e. The molecule has 2 unspecified atom stereocenters. The number of carbonyl (C=O) groups is 3. The smallest absolute Gasteiger partial charge is 0.331 e. The fraction of sp³-hybridized carbons (Fsp3) is 0.432. The monoisotopic (exact) mass is 649 g/mol. The van der Waals surface area contributed by atoms with Gasteiger partial charge in [0.15, 0.2) is 11.5 Å². The Morgan fingerprint density at radius 2 is 1.71 bits per heavy atom. The van der Waals surface area contributed by atoms with E-state index in [2.05, 4.69) is 40.9 Å². The predicted octanol–water partition coefficient (Wildman–Crippen LogP) is 6.65. The summed E-state index contributed by atoms with van der Waals surface area (Å²) >= 11 is 0. The molecule has 6 rings (SSSR count). The van der Waals surface area contributed by atoms with Crippen LogP contribution in [0.4, 0.5) is 17.1 Å². The van der Waals surface area contributed by atoms with E-state index in [-0.39, 0.29) is 41.0 Å². The Kier molecular flexibility index (Phi) is 9.01. The van der Waals surface area contributed by atoms with Gasteiger partial charge in [0.25, 0.3) is 5.91 Å². The van der Waals surface area contributed by atoms with Crippen molar-refractivity contribution in [3.05, 3.63) is 76.3 Å². The topological polar surface area (TPSA) is 116 Å². The molecule has 1 aliphatic carbocycles. The first kappa shape index (κ1) is 32.8. The number of rotatable bonds is 6. The molecule has 2 aromatic heterocycles. The molecule has 0 spiro atoms. The molecule has 11 nitrogen and oxygen atoms in total. The summed E-state index contributed by atoms with van der Waals surface area (Å²) < 4.78 is 7.66. The van der Waals surface area contributed by atoms with Crippen LogP contribution in [0, 0.1) is 38.2 Å². The second-order valence-corrected chi connectivity index (χ2v) is 13.7. The quantitative estimate of drug-likeness (QED) is 0.179. The highest BCUT2D eigenvalue weighted by Crippen LogP contribution is 2.37. The van der Waals surface area contributed by atoms with Crippen molar-refractivity contribution in [3.63, 3.8) is 0 Å². The van der Waals surface area contributed by atoms with Crippen molar-refractivity contribution in [2.45, 2.75) is 60.5 Å². The molecule has 250 valence electrons. The summed E-state index contributed by atoms with van der Waals surface area (Å²) in [6.07, 6.45) is 3.31. The molecule has 3 heterocycles. The number of carbonyl (C=O) groups excluding carboxylic acids is 3. The summed E-state index contributed by atoms with van der Waals surface area (Å²) in [5, 5.41) is 6.36. The minimum absolute atomic E-state index is 0.0460. The molecule has 11 heteroatoms. The van der Waals surface area contributed by atoms with E-state index < -0.39 is 5.97 Å². The lowest BCUT2D eigenvalue weighted by Crippen LogP contribution is -2.48. The number of piperazine rings is 1. The zero-order valence-electron chi connectivity index (χ0n) is 28.5. The van der Waals surface area contributed by atoms with Gasteiger partial charge in [0.05, 0.1) is 17.9 Å². The van der Waals surface area contributed by atoms with Crippen molar-refractivity contribution >= 4 is 40.5 Å². The number of hydrogen-bond acceptors (Lipinski definition) is 6. The molecule has 2 amide bonds. The third kappa shape index (κ3) is 6.39. The number of esters is 1. The van der Waals surface area contributed by atoms with Gasteiger partial charge < -0.3 is 19.9 Å². The predicted molar refractivity (Wildman–Crippen MR) is 186 cm³/mol. The second-order valence-electron chi connectivity index (χ2n) is 13.7. The zero-order chi connectivity index (χ0) is 34.3. The van der Waals surface area contributed by atoms with Gasteiger partial charge in [-0.3, -0.25) is 19.2 Å². The second kappa shape index (κ2) is 13.2. The average molecular weight is 650 g/mol. The van der Waals surface area contributed by atoms with Gasteiger partial charge in [-0.25, -0.2) is 14.6 Å². The van der Waals surface area contributed by atoms with Gasteiger partial charge in [-0.1, -0.05) is 38.5 Å². The number of fused-ring (bicyclic) bond motifs is 1. The number of H-pyrrole nitrogens is 1. The molecule has 2 fully saturated rings. The molecule has 2 aliphatic rings. The standard InChI is InChI=1S/C37H43N7O4/c1-21-8-9-23(3)28(18-21)36(46)39-29-19-27(10-11-31(29)43-14-12-42(13-15-43)26(6)45)34-40-35-32(30(38-7)20-44(35)41-34)37(47)48-33-24(4)16-22(2)17-25(33)5/h8-11,18-20,22,24-25,33H,12-17H2,1-6H3,(H,39,46)(H,40,41). The molecular formula is C37H43N7O4. The number of amides is 2. The Hall–Kier alpha value is -5.11. The molecular weight excluding hydrogens is 606 g/mol. The molecule has 0 bridgehead atoms. The molecule has 2 aromatic carbocycles. The number of benzene rings is 2. The number of aryl methyl sites for hydroxylation is 2. The lowest BCUT2D eigenvalue weighted by atomic mass is 9.75. The lowest BCUT2D eigenvalue weighted by Gasteiger charge is -2.37. The highest BCUT2D eigenvalue weighted by Gasteiger charge is 2.36. The normalized spacial score (nSPS) is 21.2. The van der Waals surface area contributed by atoms with Crippen LogP contribution in [-0.2, 0) is 9.53 Å². The van der Waals surface area contributed by atoms with Crippen LogP contribution in [0.15, 0.2) is 42.6 Å². The number of aromatic nitrogens is 3. The Morgan fingerprint density at radius 3 is 2.38 bits per heavy atom. The highest BCUT2D eigenvalue weighted by atomic mass is 16.5. The first-order valence-corrected chi connectivity index (χ1v) is 16.7. The highest BCUT2D eigenvalue weighted by molar-refractivity contribution is 6.07. The van der Waals surface area contributed by atoms with Gasteiger partial charge >= 0.3 is 5.97 Å². The van der Waals surface area contributed by atoms with Crippen LogP contribution in [0.5, 0.6) is 0 Å². The fourth-order valence-electron chi connectivity index (χ4n) is 7.43. The molecule has 4 aromatic rings. The molecule has 1 saturated heterocycles. The summed E-state index contributed by atoms with van der Waals surface area (Å²) in [7, 11) is 0. The SMILES string of the molecule is [C-]#[N+]c1cn2[nH]c(-c3ccc(N4CCN(C(C)=O)CC4)c(NC(=O)c4cc(C)ccc4C)c3)nc2c1C(=O)OC1C(C)CC(C)CC1C. The van der Waals surface area contributed by atoms with E-state index in [9.17, 15) is 14.4 Å². The van der Waals surface area contributed by atoms with Crippen molar-refractivity contribution in [2.75, 3.05) is 36.4 Å². The van der Waals surface area contributed by atoms with Crippen molar-refractivity contribution in [2.24, 2.45) is 17.8 Å². The Balaban J connectivity index is 1.34. The van der Waals surface area contributed by atoms with E-state index in [4.69, 9.17) is 16.3 Å². The van der Waals surface area contributed by atoms with Gasteiger partial charge in [0.2, 0.25) is 11.6 Å². The van der Waals surface area contributed by atoms with Crippen LogP contribution >= 0.6 is 0 Å². The van der Waals surface area contributed by atoms with Crippen molar-refractivity contribution in [3.8, 4) is 11.4 Å². The number of ether oxygens (including phenoxy) is 1. The zero-order valence-corrected chi connectivity index (χ0v) is 28.5. The summed E-state index contributed by atoms with van der Waals surface area (Å²) in [4.78, 5) is 51.6. The van der Waals surface area contributed by atoms with Crippen LogP contribution in [0.3, 0.4) is 0 Å². The summed E-state index contributed by atoms with van der Waals surface area (Å²) in [5.74, 6) is 0.768. The minimum Gasteiger partial charge on any atom is -0.459 e. The Labute approximate surface area is 281 Å². The van der Waals surface area contributed by atoms with E-state index in [1.165, 1.54) is 0 Å². The number of anilines is 2. The molecule has 1 aliphatic heterocycles. The first-order valence-electron chi connectivity index (χ1n) is 16.7. The third-order valence-electron chi connectivity index (χ3n) is 9.86. The largest absolute Gasteiger partial charge is 0.459 e. The molecule has 2 atom stereocenters. The van der Waals surface area contributed by atoms with Crippen molar-refractivity contribution < 1.29 is 19.1 Å². The Bertz CT molecular complexity index is 1920. The van der Waals surface area contributed by atoms with Gasteiger partial charge in [-0.15, -0.1) is 0 Å². The van der Waals surface area contributed by atoms with Crippen LogP contribution < -0.4 is 10.2 Å². The van der Waals surface area contributed by atoms with Crippen LogP contribution in [0.1, 0.15) is 72.4 Å².